The Labute approximate surface area is 114 Å². The number of hydrogen-bond acceptors (Lipinski definition) is 5. The molecule has 1 aromatic carbocycles. The van der Waals surface area contributed by atoms with Gasteiger partial charge < -0.3 is 9.84 Å². The number of rotatable bonds is 5. The molecule has 1 aromatic rings. The third-order valence-corrected chi connectivity index (χ3v) is 4.10. The molecule has 2 N–H and O–H groups in total. The van der Waals surface area contributed by atoms with Crippen LogP contribution in [0.1, 0.15) is 17.3 Å². The summed E-state index contributed by atoms with van der Waals surface area (Å²) in [6.07, 6.45) is 0. The lowest BCUT2D eigenvalue weighted by molar-refractivity contribution is -0.139. The van der Waals surface area contributed by atoms with Crippen LogP contribution in [-0.4, -0.2) is 37.8 Å². The zero-order chi connectivity index (χ0) is 15.5. The Morgan fingerprint density at radius 3 is 2.50 bits per heavy atom. The standard InChI is InChI=1S/C11H12FNO6S/c1-6(11(16)19-2)20(17,18)13-7-3-4-9(12)8(5-7)10(14)15/h3-6,13H,1-2H3,(H,14,15). The van der Waals surface area contributed by atoms with Crippen molar-refractivity contribution < 1.29 is 32.2 Å². The molecule has 0 amide bonds. The van der Waals surface area contributed by atoms with Crippen LogP contribution >= 0.6 is 0 Å². The van der Waals surface area contributed by atoms with E-state index in [0.29, 0.717) is 0 Å². The molecule has 1 unspecified atom stereocenters. The molecule has 9 heteroatoms. The number of aromatic carboxylic acids is 1. The van der Waals surface area contributed by atoms with Crippen LogP contribution in [-0.2, 0) is 19.6 Å². The minimum absolute atomic E-state index is 0.167. The first kappa shape index (κ1) is 15.9. The summed E-state index contributed by atoms with van der Waals surface area (Å²) in [6, 6.07) is 2.67. The molecule has 0 aromatic heterocycles. The summed E-state index contributed by atoms with van der Waals surface area (Å²) in [4.78, 5) is 21.9. The van der Waals surface area contributed by atoms with Gasteiger partial charge in [0.15, 0.2) is 5.25 Å². The molecule has 0 spiro atoms. The molecule has 0 aliphatic rings. The van der Waals surface area contributed by atoms with Crippen molar-refractivity contribution in [2.24, 2.45) is 0 Å². The average Bonchev–Trinajstić information content (AvgIpc) is 2.38. The predicted molar refractivity (Wildman–Crippen MR) is 67.4 cm³/mol. The van der Waals surface area contributed by atoms with E-state index in [2.05, 4.69) is 4.74 Å². The van der Waals surface area contributed by atoms with Crippen LogP contribution in [0.2, 0.25) is 0 Å². The van der Waals surface area contributed by atoms with Crippen LogP contribution in [0.15, 0.2) is 18.2 Å². The zero-order valence-corrected chi connectivity index (χ0v) is 11.4. The Morgan fingerprint density at radius 1 is 1.40 bits per heavy atom. The van der Waals surface area contributed by atoms with Crippen LogP contribution in [0.3, 0.4) is 0 Å². The van der Waals surface area contributed by atoms with E-state index in [9.17, 15) is 22.4 Å². The highest BCUT2D eigenvalue weighted by Gasteiger charge is 2.29. The minimum atomic E-state index is -4.12. The third-order valence-electron chi connectivity index (χ3n) is 2.46. The molecule has 0 radical (unpaired) electrons. The Kier molecular flexibility index (Phi) is 4.66. The second-order valence-corrected chi connectivity index (χ2v) is 5.81. The number of sulfonamides is 1. The van der Waals surface area contributed by atoms with Crippen molar-refractivity contribution in [3.05, 3.63) is 29.6 Å². The average molecular weight is 305 g/mol. The van der Waals surface area contributed by atoms with Gasteiger partial charge in [-0.25, -0.2) is 17.6 Å². The lowest BCUT2D eigenvalue weighted by Gasteiger charge is -2.13. The minimum Gasteiger partial charge on any atom is -0.478 e. The summed E-state index contributed by atoms with van der Waals surface area (Å²) in [7, 11) is -3.08. The van der Waals surface area contributed by atoms with E-state index in [1.807, 2.05) is 4.72 Å². The quantitative estimate of drug-likeness (QED) is 0.780. The maximum Gasteiger partial charge on any atom is 0.338 e. The molecule has 7 nitrogen and oxygen atoms in total. The number of carboxylic acids is 1. The smallest absolute Gasteiger partial charge is 0.338 e. The number of carbonyl (C=O) groups excluding carboxylic acids is 1. The van der Waals surface area contributed by atoms with Gasteiger partial charge >= 0.3 is 11.9 Å². The molecule has 20 heavy (non-hydrogen) atoms. The molecule has 0 bridgehead atoms. The monoisotopic (exact) mass is 305 g/mol. The number of ether oxygens (including phenoxy) is 1. The van der Waals surface area contributed by atoms with Crippen LogP contribution in [0, 0.1) is 5.82 Å². The van der Waals surface area contributed by atoms with Crippen molar-refractivity contribution in [1.82, 2.24) is 0 Å². The maximum absolute atomic E-state index is 13.2. The van der Waals surface area contributed by atoms with E-state index in [1.165, 1.54) is 0 Å². The lowest BCUT2D eigenvalue weighted by Crippen LogP contribution is -2.33. The molecule has 1 atom stereocenters. The number of nitrogens with one attached hydrogen (secondary N) is 1. The highest BCUT2D eigenvalue weighted by atomic mass is 32.2. The van der Waals surface area contributed by atoms with E-state index < -0.39 is 38.6 Å². The Morgan fingerprint density at radius 2 is 2.00 bits per heavy atom. The van der Waals surface area contributed by atoms with E-state index in [0.717, 1.165) is 32.2 Å². The first-order chi connectivity index (χ1) is 9.19. The summed E-state index contributed by atoms with van der Waals surface area (Å²) in [5.41, 5.74) is -0.851. The molecular formula is C11H12FNO6S. The van der Waals surface area contributed by atoms with Gasteiger partial charge in [0.25, 0.3) is 0 Å². The van der Waals surface area contributed by atoms with E-state index in [4.69, 9.17) is 5.11 Å². The van der Waals surface area contributed by atoms with E-state index >= 15 is 0 Å². The molecule has 0 heterocycles. The van der Waals surface area contributed by atoms with Gasteiger partial charge in [-0.2, -0.15) is 0 Å². The van der Waals surface area contributed by atoms with Gasteiger partial charge in [0.1, 0.15) is 5.82 Å². The first-order valence-electron chi connectivity index (χ1n) is 5.31. The van der Waals surface area contributed by atoms with Gasteiger partial charge in [0, 0.05) is 5.69 Å². The summed E-state index contributed by atoms with van der Waals surface area (Å²) < 4.78 is 43.1. The lowest BCUT2D eigenvalue weighted by atomic mass is 10.2. The summed E-state index contributed by atoms with van der Waals surface area (Å²) >= 11 is 0. The van der Waals surface area contributed by atoms with Crippen LogP contribution in [0.25, 0.3) is 0 Å². The zero-order valence-electron chi connectivity index (χ0n) is 10.6. The summed E-state index contributed by atoms with van der Waals surface area (Å²) in [6.45, 7) is 1.11. The van der Waals surface area contributed by atoms with Gasteiger partial charge in [0.2, 0.25) is 10.0 Å². The molecule has 110 valence electrons. The van der Waals surface area contributed by atoms with Crippen LogP contribution in [0.5, 0.6) is 0 Å². The second-order valence-electron chi connectivity index (χ2n) is 3.81. The van der Waals surface area contributed by atoms with Gasteiger partial charge in [-0.1, -0.05) is 0 Å². The predicted octanol–water partition coefficient (Wildman–Crippen LogP) is 0.827. The first-order valence-corrected chi connectivity index (χ1v) is 6.86. The van der Waals surface area contributed by atoms with Crippen molar-refractivity contribution in [1.29, 1.82) is 0 Å². The fourth-order valence-electron chi connectivity index (χ4n) is 1.30. The summed E-state index contributed by atoms with van der Waals surface area (Å²) in [5.74, 6) is -3.51. The molecule has 1 rings (SSSR count). The van der Waals surface area contributed by atoms with Crippen LogP contribution < -0.4 is 4.72 Å². The topological polar surface area (TPSA) is 110 Å². The number of methoxy groups -OCH3 is 1. The number of anilines is 1. The number of esters is 1. The highest BCUT2D eigenvalue weighted by Crippen LogP contribution is 2.17. The maximum atomic E-state index is 13.2. The fraction of sp³-hybridized carbons (Fsp3) is 0.273. The van der Waals surface area contributed by atoms with E-state index in [-0.39, 0.29) is 5.69 Å². The normalized spacial score (nSPS) is 12.6. The molecule has 0 saturated carbocycles. The third kappa shape index (κ3) is 3.44. The Bertz CT molecular complexity index is 642. The van der Waals surface area contributed by atoms with Crippen molar-refractivity contribution in [3.8, 4) is 0 Å². The highest BCUT2D eigenvalue weighted by molar-refractivity contribution is 7.94. The van der Waals surface area contributed by atoms with Crippen molar-refractivity contribution in [2.45, 2.75) is 12.2 Å². The second kappa shape index (κ2) is 5.87. The van der Waals surface area contributed by atoms with Gasteiger partial charge in [0.05, 0.1) is 12.7 Å². The van der Waals surface area contributed by atoms with Crippen molar-refractivity contribution in [2.75, 3.05) is 11.8 Å². The molecular weight excluding hydrogens is 293 g/mol. The number of benzene rings is 1. The van der Waals surface area contributed by atoms with Crippen LogP contribution in [0.4, 0.5) is 10.1 Å². The largest absolute Gasteiger partial charge is 0.478 e. The fourth-order valence-corrected chi connectivity index (χ4v) is 2.28. The number of carbonyl (C=O) groups is 2. The van der Waals surface area contributed by atoms with E-state index in [1.54, 1.807) is 0 Å². The molecule has 0 aliphatic carbocycles. The van der Waals surface area contributed by atoms with Gasteiger partial charge in [-0.15, -0.1) is 0 Å². The van der Waals surface area contributed by atoms with Crippen molar-refractivity contribution >= 4 is 27.6 Å². The number of carboxylic acid groups (broad SMARTS) is 1. The summed E-state index contributed by atoms with van der Waals surface area (Å²) in [5, 5.41) is 7.24. The van der Waals surface area contributed by atoms with Gasteiger partial charge in [-0.05, 0) is 25.1 Å². The SMILES string of the molecule is COC(=O)C(C)S(=O)(=O)Nc1ccc(F)c(C(=O)O)c1. The Hall–Kier alpha value is -2.16. The molecule has 0 aliphatic heterocycles. The Balaban J connectivity index is 3.07. The van der Waals surface area contributed by atoms with Gasteiger partial charge in [-0.3, -0.25) is 9.52 Å². The number of halogens is 1. The van der Waals surface area contributed by atoms with Crippen molar-refractivity contribution in [3.63, 3.8) is 0 Å². The molecule has 0 saturated heterocycles. The molecule has 0 fully saturated rings. The number of hydrogen-bond donors (Lipinski definition) is 2.